The van der Waals surface area contributed by atoms with Crippen LogP contribution < -0.4 is 0 Å². The Morgan fingerprint density at radius 3 is 2.89 bits per heavy atom. The molecule has 1 aromatic heterocycles. The van der Waals surface area contributed by atoms with E-state index in [-0.39, 0.29) is 11.7 Å². The molecule has 1 aromatic carbocycles. The van der Waals surface area contributed by atoms with Crippen LogP contribution in [0.15, 0.2) is 38.4 Å². The highest BCUT2D eigenvalue weighted by molar-refractivity contribution is 9.10. The topological polar surface area (TPSA) is 59.2 Å². The van der Waals surface area contributed by atoms with Crippen LogP contribution in [-0.4, -0.2) is 40.9 Å². The number of carbonyl (C=O) groups is 1. The van der Waals surface area contributed by atoms with E-state index >= 15 is 0 Å². The minimum Gasteiger partial charge on any atom is -0.411 e. The Labute approximate surface area is 123 Å². The predicted molar refractivity (Wildman–Crippen MR) is 76.9 cm³/mol. The Morgan fingerprint density at radius 1 is 1.42 bits per heavy atom. The molecule has 19 heavy (non-hydrogen) atoms. The molecule has 0 aliphatic carbocycles. The Bertz CT molecular complexity index is 586. The second kappa shape index (κ2) is 6.21. The molecule has 7 heteroatoms. The lowest BCUT2D eigenvalue weighted by molar-refractivity contribution is -0.125. The molecule has 0 bridgehead atoms. The van der Waals surface area contributed by atoms with Crippen LogP contribution in [0, 0.1) is 0 Å². The molecule has 0 saturated heterocycles. The fourth-order valence-corrected chi connectivity index (χ4v) is 2.40. The average Bonchev–Trinajstić information content (AvgIpc) is 2.84. The zero-order valence-corrected chi connectivity index (χ0v) is 12.9. The predicted octanol–water partition coefficient (Wildman–Crippen LogP) is 2.68. The van der Waals surface area contributed by atoms with Gasteiger partial charge in [-0.3, -0.25) is 4.79 Å². The highest BCUT2D eigenvalue weighted by Gasteiger charge is 2.12. The molecule has 0 N–H and O–H groups in total. The fourth-order valence-electron chi connectivity index (χ4n) is 1.26. The van der Waals surface area contributed by atoms with Gasteiger partial charge in [-0.05, 0) is 18.2 Å². The smallest absolute Gasteiger partial charge is 0.277 e. The van der Waals surface area contributed by atoms with Gasteiger partial charge in [-0.25, -0.2) is 0 Å². The molecule has 100 valence electrons. The molecule has 0 saturated carbocycles. The normalized spacial score (nSPS) is 10.5. The first-order chi connectivity index (χ1) is 9.06. The molecule has 0 radical (unpaired) electrons. The van der Waals surface area contributed by atoms with Gasteiger partial charge < -0.3 is 9.32 Å². The second-order valence-corrected chi connectivity index (χ2v) is 5.80. The number of halogens is 1. The van der Waals surface area contributed by atoms with Gasteiger partial charge in [-0.1, -0.05) is 33.8 Å². The largest absolute Gasteiger partial charge is 0.411 e. The maximum atomic E-state index is 11.4. The molecule has 0 spiro atoms. The van der Waals surface area contributed by atoms with Gasteiger partial charge in [0.05, 0.1) is 5.75 Å². The number of benzene rings is 1. The molecule has 0 unspecified atom stereocenters. The van der Waals surface area contributed by atoms with Crippen molar-refractivity contribution in [3.8, 4) is 11.5 Å². The summed E-state index contributed by atoms with van der Waals surface area (Å²) in [5.74, 6) is 0.737. The standard InChI is InChI=1S/C12H12BrN3O2S/c1-16(2)10(17)7-19-12-15-14-11(18-12)8-4-3-5-9(13)6-8/h3-6H,7H2,1-2H3. The van der Waals surface area contributed by atoms with Crippen molar-refractivity contribution in [2.45, 2.75) is 5.22 Å². The van der Waals surface area contributed by atoms with Crippen molar-refractivity contribution in [2.75, 3.05) is 19.8 Å². The van der Waals surface area contributed by atoms with E-state index in [1.54, 1.807) is 14.1 Å². The van der Waals surface area contributed by atoms with E-state index in [2.05, 4.69) is 26.1 Å². The molecule has 1 heterocycles. The number of aromatic nitrogens is 2. The van der Waals surface area contributed by atoms with Crippen molar-refractivity contribution in [3.05, 3.63) is 28.7 Å². The number of amides is 1. The third-order valence-corrected chi connectivity index (χ3v) is 3.59. The van der Waals surface area contributed by atoms with Gasteiger partial charge in [0.15, 0.2) is 0 Å². The zero-order valence-electron chi connectivity index (χ0n) is 10.5. The van der Waals surface area contributed by atoms with Crippen LogP contribution in [0.4, 0.5) is 0 Å². The molecule has 0 aliphatic heterocycles. The number of hydrogen-bond acceptors (Lipinski definition) is 5. The highest BCUT2D eigenvalue weighted by Crippen LogP contribution is 2.25. The molecule has 2 rings (SSSR count). The number of carbonyl (C=O) groups excluding carboxylic acids is 1. The van der Waals surface area contributed by atoms with Crippen LogP contribution in [-0.2, 0) is 4.79 Å². The molecule has 5 nitrogen and oxygen atoms in total. The van der Waals surface area contributed by atoms with Crippen molar-refractivity contribution < 1.29 is 9.21 Å². The molecule has 0 atom stereocenters. The van der Waals surface area contributed by atoms with Crippen LogP contribution in [0.2, 0.25) is 0 Å². The van der Waals surface area contributed by atoms with E-state index in [1.165, 1.54) is 16.7 Å². The van der Waals surface area contributed by atoms with Crippen molar-refractivity contribution in [3.63, 3.8) is 0 Å². The van der Waals surface area contributed by atoms with Crippen molar-refractivity contribution in [1.82, 2.24) is 15.1 Å². The van der Waals surface area contributed by atoms with E-state index in [0.29, 0.717) is 11.1 Å². The van der Waals surface area contributed by atoms with Crippen molar-refractivity contribution in [2.24, 2.45) is 0 Å². The maximum Gasteiger partial charge on any atom is 0.277 e. The second-order valence-electron chi connectivity index (χ2n) is 3.96. The van der Waals surface area contributed by atoms with E-state index in [9.17, 15) is 4.79 Å². The number of rotatable bonds is 4. The van der Waals surface area contributed by atoms with Crippen molar-refractivity contribution in [1.29, 1.82) is 0 Å². The lowest BCUT2D eigenvalue weighted by Crippen LogP contribution is -2.23. The summed E-state index contributed by atoms with van der Waals surface area (Å²) in [6.45, 7) is 0. The Morgan fingerprint density at radius 2 is 2.21 bits per heavy atom. The average molecular weight is 342 g/mol. The quantitative estimate of drug-likeness (QED) is 0.800. The Hall–Kier alpha value is -1.34. The third-order valence-electron chi connectivity index (χ3n) is 2.30. The summed E-state index contributed by atoms with van der Waals surface area (Å²) in [6.07, 6.45) is 0. The molecular formula is C12H12BrN3O2S. The Balaban J connectivity index is 2.05. The first kappa shape index (κ1) is 14.1. The summed E-state index contributed by atoms with van der Waals surface area (Å²) in [4.78, 5) is 13.0. The first-order valence-corrected chi connectivity index (χ1v) is 7.26. The lowest BCUT2D eigenvalue weighted by Gasteiger charge is -2.07. The van der Waals surface area contributed by atoms with Crippen LogP contribution in [0.3, 0.4) is 0 Å². The van der Waals surface area contributed by atoms with E-state index in [1.807, 2.05) is 24.3 Å². The molecular weight excluding hydrogens is 330 g/mol. The minimum atomic E-state index is 0.00667. The maximum absolute atomic E-state index is 11.4. The first-order valence-electron chi connectivity index (χ1n) is 5.48. The number of thioether (sulfide) groups is 1. The summed E-state index contributed by atoms with van der Waals surface area (Å²) in [5, 5.41) is 8.27. The summed E-state index contributed by atoms with van der Waals surface area (Å²) in [7, 11) is 3.42. The van der Waals surface area contributed by atoms with Gasteiger partial charge in [0.2, 0.25) is 11.8 Å². The Kier molecular flexibility index (Phi) is 4.60. The lowest BCUT2D eigenvalue weighted by atomic mass is 10.2. The van der Waals surface area contributed by atoms with Crippen LogP contribution >= 0.6 is 27.7 Å². The van der Waals surface area contributed by atoms with E-state index < -0.39 is 0 Å². The van der Waals surface area contributed by atoms with Gasteiger partial charge in [-0.2, -0.15) is 0 Å². The fraction of sp³-hybridized carbons (Fsp3) is 0.250. The molecule has 0 aliphatic rings. The minimum absolute atomic E-state index is 0.00667. The molecule has 0 fully saturated rings. The third kappa shape index (κ3) is 3.81. The summed E-state index contributed by atoms with van der Waals surface area (Å²) < 4.78 is 6.45. The van der Waals surface area contributed by atoms with Gasteiger partial charge in [0, 0.05) is 24.1 Å². The van der Waals surface area contributed by atoms with Gasteiger partial charge >= 0.3 is 0 Å². The van der Waals surface area contributed by atoms with Gasteiger partial charge in [0.25, 0.3) is 5.22 Å². The van der Waals surface area contributed by atoms with E-state index in [4.69, 9.17) is 4.42 Å². The summed E-state index contributed by atoms with van der Waals surface area (Å²) in [5.41, 5.74) is 0.840. The monoisotopic (exact) mass is 341 g/mol. The summed E-state index contributed by atoms with van der Waals surface area (Å²) >= 11 is 4.62. The zero-order chi connectivity index (χ0) is 13.8. The van der Waals surface area contributed by atoms with Crippen LogP contribution in [0.25, 0.3) is 11.5 Å². The van der Waals surface area contributed by atoms with Gasteiger partial charge in [0.1, 0.15) is 0 Å². The highest BCUT2D eigenvalue weighted by atomic mass is 79.9. The van der Waals surface area contributed by atoms with Crippen LogP contribution in [0.1, 0.15) is 0 Å². The molecule has 2 aromatic rings. The van der Waals surface area contributed by atoms with E-state index in [0.717, 1.165) is 10.0 Å². The number of nitrogens with zero attached hydrogens (tertiary/aromatic N) is 3. The SMILES string of the molecule is CN(C)C(=O)CSc1nnc(-c2cccc(Br)c2)o1. The van der Waals surface area contributed by atoms with Gasteiger partial charge in [-0.15, -0.1) is 10.2 Å². The van der Waals surface area contributed by atoms with Crippen molar-refractivity contribution >= 4 is 33.6 Å². The summed E-state index contributed by atoms with van der Waals surface area (Å²) in [6, 6.07) is 7.60. The molecule has 1 amide bonds. The van der Waals surface area contributed by atoms with Crippen LogP contribution in [0.5, 0.6) is 0 Å². The number of hydrogen-bond donors (Lipinski definition) is 0.